The predicted molar refractivity (Wildman–Crippen MR) is 104 cm³/mol. The third-order valence-electron chi connectivity index (χ3n) is 4.30. The first-order valence-corrected chi connectivity index (χ1v) is 10.4. The molecule has 1 atom stereocenters. The lowest BCUT2D eigenvalue weighted by Crippen LogP contribution is -2.31. The van der Waals surface area contributed by atoms with E-state index in [0.29, 0.717) is 23.7 Å². The van der Waals surface area contributed by atoms with Crippen LogP contribution < -0.4 is 14.9 Å². The van der Waals surface area contributed by atoms with Gasteiger partial charge in [-0.1, -0.05) is 23.7 Å². The molecular weight excluding hydrogens is 393 g/mol. The molecule has 0 bridgehead atoms. The summed E-state index contributed by atoms with van der Waals surface area (Å²) in [5, 5.41) is 5.73. The molecule has 1 heterocycles. The second-order valence-corrected chi connectivity index (χ2v) is 8.73. The van der Waals surface area contributed by atoms with Gasteiger partial charge in [0.2, 0.25) is 10.0 Å². The van der Waals surface area contributed by atoms with E-state index in [0.717, 1.165) is 11.6 Å². The fourth-order valence-electron chi connectivity index (χ4n) is 2.88. The van der Waals surface area contributed by atoms with Crippen molar-refractivity contribution in [2.24, 2.45) is 0 Å². The van der Waals surface area contributed by atoms with Crippen LogP contribution in [0.25, 0.3) is 0 Å². The fourth-order valence-corrected chi connectivity index (χ4v) is 4.57. The number of nitrogens with one attached hydrogen (secondary N) is 2. The number of hydrogen-bond donors (Lipinski definition) is 2. The molecule has 1 aliphatic rings. The number of anilines is 2. The van der Waals surface area contributed by atoms with E-state index in [1.165, 1.54) is 16.4 Å². The molecule has 27 heavy (non-hydrogen) atoms. The molecule has 6 nitrogen and oxygen atoms in total. The van der Waals surface area contributed by atoms with Crippen LogP contribution in [0.5, 0.6) is 0 Å². The molecule has 1 unspecified atom stereocenters. The van der Waals surface area contributed by atoms with Crippen molar-refractivity contribution < 1.29 is 17.6 Å². The van der Waals surface area contributed by atoms with Gasteiger partial charge in [0.1, 0.15) is 5.82 Å². The number of carbonyl (C=O) groups excluding carboxylic acids is 1. The summed E-state index contributed by atoms with van der Waals surface area (Å²) < 4.78 is 39.4. The third-order valence-corrected chi connectivity index (χ3v) is 6.42. The molecule has 0 aromatic heterocycles. The maximum absolute atomic E-state index is 14.1. The van der Waals surface area contributed by atoms with Crippen molar-refractivity contribution in [3.8, 4) is 0 Å². The number of benzene rings is 2. The van der Waals surface area contributed by atoms with Crippen LogP contribution in [0.4, 0.5) is 20.6 Å². The molecule has 2 aromatic carbocycles. The lowest BCUT2D eigenvalue weighted by atomic mass is 10.1. The number of nitrogens with zero attached hydrogens (tertiary/aromatic N) is 1. The summed E-state index contributed by atoms with van der Waals surface area (Å²) in [5.41, 5.74) is 1.08. The molecule has 1 fully saturated rings. The van der Waals surface area contributed by atoms with E-state index in [1.807, 2.05) is 0 Å². The van der Waals surface area contributed by atoms with Gasteiger partial charge in [-0.2, -0.15) is 0 Å². The lowest BCUT2D eigenvalue weighted by molar-refractivity contribution is 0.249. The SMILES string of the molecule is CC(NC(=O)Nc1cc(N2CCCS2(=O)=O)ccc1F)c1ccc(Cl)cc1. The van der Waals surface area contributed by atoms with Gasteiger partial charge >= 0.3 is 6.03 Å². The van der Waals surface area contributed by atoms with E-state index < -0.39 is 21.9 Å². The van der Waals surface area contributed by atoms with Crippen LogP contribution in [0, 0.1) is 5.82 Å². The Hall–Kier alpha value is -2.32. The van der Waals surface area contributed by atoms with Crippen molar-refractivity contribution in [3.63, 3.8) is 0 Å². The normalized spacial score (nSPS) is 16.8. The molecule has 9 heteroatoms. The van der Waals surface area contributed by atoms with Gasteiger partial charge in [0.25, 0.3) is 0 Å². The summed E-state index contributed by atoms with van der Waals surface area (Å²) in [7, 11) is -3.39. The van der Waals surface area contributed by atoms with Crippen LogP contribution in [0.2, 0.25) is 5.02 Å². The number of hydrogen-bond acceptors (Lipinski definition) is 3. The average molecular weight is 412 g/mol. The second-order valence-electron chi connectivity index (χ2n) is 6.28. The largest absolute Gasteiger partial charge is 0.331 e. The summed E-state index contributed by atoms with van der Waals surface area (Å²) in [6, 6.07) is 9.92. The van der Waals surface area contributed by atoms with Crippen molar-refractivity contribution in [1.29, 1.82) is 0 Å². The summed E-state index contributed by atoms with van der Waals surface area (Å²) in [6.07, 6.45) is 0.515. The Balaban J connectivity index is 1.72. The van der Waals surface area contributed by atoms with Crippen molar-refractivity contribution in [2.45, 2.75) is 19.4 Å². The first-order valence-electron chi connectivity index (χ1n) is 8.39. The first-order chi connectivity index (χ1) is 12.8. The molecule has 144 valence electrons. The Kier molecular flexibility index (Phi) is 5.57. The van der Waals surface area contributed by atoms with Crippen molar-refractivity contribution in [2.75, 3.05) is 21.9 Å². The number of sulfonamides is 1. The van der Waals surface area contributed by atoms with Gasteiger partial charge in [0.05, 0.1) is 23.2 Å². The Morgan fingerprint density at radius 2 is 1.93 bits per heavy atom. The van der Waals surface area contributed by atoms with Crippen LogP contribution >= 0.6 is 11.6 Å². The number of urea groups is 1. The quantitative estimate of drug-likeness (QED) is 0.800. The lowest BCUT2D eigenvalue weighted by Gasteiger charge is -2.19. The Labute approximate surface area is 162 Å². The Morgan fingerprint density at radius 1 is 1.22 bits per heavy atom. The first kappa shape index (κ1) is 19.4. The van der Waals surface area contributed by atoms with E-state index in [2.05, 4.69) is 10.6 Å². The van der Waals surface area contributed by atoms with Gasteiger partial charge in [0, 0.05) is 11.6 Å². The zero-order valence-corrected chi connectivity index (χ0v) is 16.1. The van der Waals surface area contributed by atoms with Crippen molar-refractivity contribution in [3.05, 3.63) is 58.9 Å². The van der Waals surface area contributed by atoms with E-state index in [4.69, 9.17) is 11.6 Å². The molecule has 0 saturated carbocycles. The van der Waals surface area contributed by atoms with Crippen LogP contribution in [0.3, 0.4) is 0 Å². The summed E-state index contributed by atoms with van der Waals surface area (Å²) >= 11 is 5.85. The minimum Gasteiger partial charge on any atom is -0.331 e. The van der Waals surface area contributed by atoms with Gasteiger partial charge < -0.3 is 10.6 Å². The fraction of sp³-hybridized carbons (Fsp3) is 0.278. The van der Waals surface area contributed by atoms with Gasteiger partial charge in [-0.15, -0.1) is 0 Å². The smallest absolute Gasteiger partial charge is 0.319 e. The highest BCUT2D eigenvalue weighted by atomic mass is 35.5. The third kappa shape index (κ3) is 4.51. The van der Waals surface area contributed by atoms with E-state index in [-0.39, 0.29) is 17.5 Å². The summed E-state index contributed by atoms with van der Waals surface area (Å²) in [5.74, 6) is -0.587. The van der Waals surface area contributed by atoms with Crippen molar-refractivity contribution in [1.82, 2.24) is 5.32 Å². The molecular formula is C18H19ClFN3O3S. The minimum absolute atomic E-state index is 0.0617. The zero-order valence-electron chi connectivity index (χ0n) is 14.6. The maximum Gasteiger partial charge on any atom is 0.319 e. The number of rotatable bonds is 4. The molecule has 1 saturated heterocycles. The highest BCUT2D eigenvalue weighted by Crippen LogP contribution is 2.28. The molecule has 2 amide bonds. The van der Waals surface area contributed by atoms with Gasteiger partial charge in [-0.25, -0.2) is 17.6 Å². The van der Waals surface area contributed by atoms with E-state index in [9.17, 15) is 17.6 Å². The number of amides is 2. The molecule has 2 aromatic rings. The van der Waals surface area contributed by atoms with E-state index in [1.54, 1.807) is 31.2 Å². The Morgan fingerprint density at radius 3 is 2.56 bits per heavy atom. The standard InChI is InChI=1S/C18H19ClFN3O3S/c1-12(13-3-5-14(19)6-4-13)21-18(24)22-17-11-15(7-8-16(17)20)23-9-2-10-27(23,25)26/h3-8,11-12H,2,9-10H2,1H3,(H2,21,22,24). The van der Waals surface area contributed by atoms with Crippen molar-refractivity contribution >= 4 is 39.0 Å². The number of carbonyl (C=O) groups is 1. The van der Waals surface area contributed by atoms with Crippen LogP contribution in [0.15, 0.2) is 42.5 Å². The monoisotopic (exact) mass is 411 g/mol. The molecule has 0 aliphatic carbocycles. The predicted octanol–water partition coefficient (Wildman–Crippen LogP) is 3.90. The highest BCUT2D eigenvalue weighted by Gasteiger charge is 2.29. The summed E-state index contributed by atoms with van der Waals surface area (Å²) in [6.45, 7) is 2.12. The zero-order chi connectivity index (χ0) is 19.6. The van der Waals surface area contributed by atoms with E-state index >= 15 is 0 Å². The average Bonchev–Trinajstić information content (AvgIpc) is 2.96. The molecule has 2 N–H and O–H groups in total. The van der Waals surface area contributed by atoms with Gasteiger partial charge in [0.15, 0.2) is 0 Å². The van der Waals surface area contributed by atoms with Gasteiger partial charge in [-0.05, 0) is 49.2 Å². The van der Waals surface area contributed by atoms with Crippen LogP contribution in [-0.2, 0) is 10.0 Å². The molecule has 1 aliphatic heterocycles. The topological polar surface area (TPSA) is 78.5 Å². The Bertz CT molecular complexity index is 951. The van der Waals surface area contributed by atoms with Gasteiger partial charge in [-0.3, -0.25) is 4.31 Å². The summed E-state index contributed by atoms with van der Waals surface area (Å²) in [4.78, 5) is 12.2. The molecule has 3 rings (SSSR count). The number of halogens is 2. The minimum atomic E-state index is -3.39. The molecule has 0 radical (unpaired) electrons. The second kappa shape index (κ2) is 7.74. The molecule has 0 spiro atoms. The van der Waals surface area contributed by atoms with Crippen LogP contribution in [-0.4, -0.2) is 26.7 Å². The van der Waals surface area contributed by atoms with Crippen LogP contribution in [0.1, 0.15) is 24.9 Å². The maximum atomic E-state index is 14.1. The highest BCUT2D eigenvalue weighted by molar-refractivity contribution is 7.93.